The van der Waals surface area contributed by atoms with E-state index < -0.39 is 5.60 Å². The van der Waals surface area contributed by atoms with E-state index in [2.05, 4.69) is 0 Å². The van der Waals surface area contributed by atoms with Crippen LogP contribution in [0.4, 0.5) is 4.79 Å². The van der Waals surface area contributed by atoms with Gasteiger partial charge in [-0.15, -0.1) is 0 Å². The molecule has 1 amide bonds. The van der Waals surface area contributed by atoms with Crippen LogP contribution in [0.2, 0.25) is 0 Å². The SMILES string of the molecule is Cc1cc(-c2ccc(C(C)N3CCC(CC(C)(C)O)OC3=O)cc2)cc(=O)n1C. The molecule has 0 aliphatic carbocycles. The first kappa shape index (κ1) is 21.1. The van der Waals surface area contributed by atoms with Gasteiger partial charge in [-0.25, -0.2) is 4.79 Å². The maximum absolute atomic E-state index is 12.5. The highest BCUT2D eigenvalue weighted by atomic mass is 16.6. The largest absolute Gasteiger partial charge is 0.446 e. The highest BCUT2D eigenvalue weighted by Crippen LogP contribution is 2.29. The second kappa shape index (κ2) is 8.03. The molecule has 1 fully saturated rings. The van der Waals surface area contributed by atoms with E-state index in [-0.39, 0.29) is 23.8 Å². The zero-order valence-corrected chi connectivity index (χ0v) is 17.8. The third-order valence-electron chi connectivity index (χ3n) is 5.62. The Morgan fingerprint density at radius 1 is 1.17 bits per heavy atom. The Labute approximate surface area is 171 Å². The van der Waals surface area contributed by atoms with Crippen LogP contribution in [-0.4, -0.2) is 38.9 Å². The molecule has 0 saturated carbocycles. The van der Waals surface area contributed by atoms with E-state index in [1.165, 1.54) is 0 Å². The Morgan fingerprint density at radius 2 is 1.83 bits per heavy atom. The summed E-state index contributed by atoms with van der Waals surface area (Å²) in [6.07, 6.45) is 0.539. The zero-order valence-electron chi connectivity index (χ0n) is 17.8. The first-order chi connectivity index (χ1) is 13.5. The van der Waals surface area contributed by atoms with Crippen molar-refractivity contribution in [1.29, 1.82) is 0 Å². The van der Waals surface area contributed by atoms with Crippen molar-refractivity contribution in [1.82, 2.24) is 9.47 Å². The summed E-state index contributed by atoms with van der Waals surface area (Å²) in [5.74, 6) is 0. The van der Waals surface area contributed by atoms with Gasteiger partial charge in [-0.2, -0.15) is 0 Å². The van der Waals surface area contributed by atoms with Crippen molar-refractivity contribution >= 4 is 6.09 Å². The molecule has 0 spiro atoms. The minimum atomic E-state index is -0.856. The molecular weight excluding hydrogens is 368 g/mol. The van der Waals surface area contributed by atoms with Gasteiger partial charge in [-0.3, -0.25) is 4.79 Å². The van der Waals surface area contributed by atoms with Crippen LogP contribution in [-0.2, 0) is 11.8 Å². The highest BCUT2D eigenvalue weighted by Gasteiger charge is 2.33. The lowest BCUT2D eigenvalue weighted by atomic mass is 9.97. The van der Waals surface area contributed by atoms with Crippen molar-refractivity contribution in [3.8, 4) is 11.1 Å². The molecule has 2 unspecified atom stereocenters. The number of rotatable bonds is 5. The summed E-state index contributed by atoms with van der Waals surface area (Å²) in [7, 11) is 1.76. The Balaban J connectivity index is 1.72. The lowest BCUT2D eigenvalue weighted by molar-refractivity contribution is -0.0309. The van der Waals surface area contributed by atoms with Crippen LogP contribution in [0.3, 0.4) is 0 Å². The molecule has 2 aromatic rings. The van der Waals surface area contributed by atoms with Crippen LogP contribution >= 0.6 is 0 Å². The third-order valence-corrected chi connectivity index (χ3v) is 5.62. The minimum absolute atomic E-state index is 0.0332. The van der Waals surface area contributed by atoms with Crippen molar-refractivity contribution < 1.29 is 14.6 Å². The van der Waals surface area contributed by atoms with Gasteiger partial charge in [0, 0.05) is 38.2 Å². The van der Waals surface area contributed by atoms with Gasteiger partial charge >= 0.3 is 6.09 Å². The summed E-state index contributed by atoms with van der Waals surface area (Å²) in [6, 6.07) is 11.4. The number of hydrogen-bond donors (Lipinski definition) is 1. The van der Waals surface area contributed by atoms with Gasteiger partial charge in [0.1, 0.15) is 6.10 Å². The summed E-state index contributed by atoms with van der Waals surface area (Å²) in [5.41, 5.74) is 2.87. The van der Waals surface area contributed by atoms with E-state index >= 15 is 0 Å². The fourth-order valence-corrected chi connectivity index (χ4v) is 3.76. The number of aromatic nitrogens is 1. The predicted molar refractivity (Wildman–Crippen MR) is 113 cm³/mol. The van der Waals surface area contributed by atoms with Gasteiger partial charge in [0.15, 0.2) is 0 Å². The van der Waals surface area contributed by atoms with Crippen molar-refractivity contribution in [3.63, 3.8) is 0 Å². The maximum atomic E-state index is 12.5. The normalized spacial score (nSPS) is 18.5. The summed E-state index contributed by atoms with van der Waals surface area (Å²) < 4.78 is 7.16. The molecule has 2 atom stereocenters. The zero-order chi connectivity index (χ0) is 21.3. The van der Waals surface area contributed by atoms with Crippen LogP contribution in [0.25, 0.3) is 11.1 Å². The topological polar surface area (TPSA) is 71.8 Å². The van der Waals surface area contributed by atoms with Gasteiger partial charge in [0.2, 0.25) is 0 Å². The number of carbonyl (C=O) groups excluding carboxylic acids is 1. The highest BCUT2D eigenvalue weighted by molar-refractivity contribution is 5.69. The molecule has 156 valence electrons. The molecule has 6 heteroatoms. The first-order valence-corrected chi connectivity index (χ1v) is 10.0. The van der Waals surface area contributed by atoms with Crippen LogP contribution < -0.4 is 5.56 Å². The number of nitrogens with zero attached hydrogens (tertiary/aromatic N) is 2. The average molecular weight is 399 g/mol. The van der Waals surface area contributed by atoms with Crippen molar-refractivity contribution in [2.45, 2.75) is 58.3 Å². The maximum Gasteiger partial charge on any atom is 0.410 e. The van der Waals surface area contributed by atoms with Crippen molar-refractivity contribution in [3.05, 3.63) is 58.0 Å². The number of aryl methyl sites for hydroxylation is 1. The molecule has 1 aromatic carbocycles. The Hall–Kier alpha value is -2.60. The Kier molecular flexibility index (Phi) is 5.85. The predicted octanol–water partition coefficient (Wildman–Crippen LogP) is 3.79. The van der Waals surface area contributed by atoms with E-state index in [9.17, 15) is 14.7 Å². The van der Waals surface area contributed by atoms with E-state index in [0.29, 0.717) is 19.4 Å². The standard InChI is InChI=1S/C23H30N2O4/c1-15-12-19(13-21(26)24(15)5)18-8-6-17(7-9-18)16(2)25-11-10-20(29-22(25)27)14-23(3,4)28/h6-9,12-13,16,20,28H,10-11,14H2,1-5H3. The summed E-state index contributed by atoms with van der Waals surface area (Å²) >= 11 is 0. The summed E-state index contributed by atoms with van der Waals surface area (Å²) in [6.45, 7) is 7.93. The van der Waals surface area contributed by atoms with Gasteiger partial charge in [0.25, 0.3) is 5.56 Å². The van der Waals surface area contributed by atoms with E-state index in [1.54, 1.807) is 36.4 Å². The Morgan fingerprint density at radius 3 is 2.38 bits per heavy atom. The summed E-state index contributed by atoms with van der Waals surface area (Å²) in [5, 5.41) is 9.95. The van der Waals surface area contributed by atoms with Crippen LogP contribution in [0, 0.1) is 6.92 Å². The number of hydrogen-bond acceptors (Lipinski definition) is 4. The molecule has 0 bridgehead atoms. The second-order valence-electron chi connectivity index (χ2n) is 8.59. The lowest BCUT2D eigenvalue weighted by Crippen LogP contribution is -2.45. The fraction of sp³-hybridized carbons (Fsp3) is 0.478. The smallest absolute Gasteiger partial charge is 0.410 e. The van der Waals surface area contributed by atoms with Crippen LogP contribution in [0.5, 0.6) is 0 Å². The number of pyridine rings is 1. The number of carbonyl (C=O) groups is 1. The number of aliphatic hydroxyl groups is 1. The number of cyclic esters (lactones) is 1. The molecule has 3 rings (SSSR count). The van der Waals surface area contributed by atoms with Gasteiger partial charge in [-0.05, 0) is 50.5 Å². The molecule has 1 N–H and O–H groups in total. The van der Waals surface area contributed by atoms with Crippen molar-refractivity contribution in [2.75, 3.05) is 6.54 Å². The second-order valence-corrected chi connectivity index (χ2v) is 8.59. The van der Waals surface area contributed by atoms with E-state index in [0.717, 1.165) is 22.4 Å². The van der Waals surface area contributed by atoms with Crippen molar-refractivity contribution in [2.24, 2.45) is 7.05 Å². The quantitative estimate of drug-likeness (QED) is 0.832. The number of amides is 1. The molecule has 0 radical (unpaired) electrons. The first-order valence-electron chi connectivity index (χ1n) is 10.0. The molecule has 6 nitrogen and oxygen atoms in total. The van der Waals surface area contributed by atoms with Gasteiger partial charge < -0.3 is 19.3 Å². The van der Waals surface area contributed by atoms with Gasteiger partial charge in [-0.1, -0.05) is 24.3 Å². The van der Waals surface area contributed by atoms with E-state index in [1.807, 2.05) is 44.2 Å². The van der Waals surface area contributed by atoms with Crippen LogP contribution in [0.1, 0.15) is 50.9 Å². The fourth-order valence-electron chi connectivity index (χ4n) is 3.76. The number of benzene rings is 1. The van der Waals surface area contributed by atoms with Crippen LogP contribution in [0.15, 0.2) is 41.2 Å². The molecule has 1 saturated heterocycles. The molecule has 29 heavy (non-hydrogen) atoms. The molecule has 2 heterocycles. The monoisotopic (exact) mass is 398 g/mol. The average Bonchev–Trinajstić information content (AvgIpc) is 2.64. The minimum Gasteiger partial charge on any atom is -0.446 e. The van der Waals surface area contributed by atoms with E-state index in [4.69, 9.17) is 4.74 Å². The molecule has 1 aromatic heterocycles. The van der Waals surface area contributed by atoms with Gasteiger partial charge in [0.05, 0.1) is 11.6 Å². The number of ether oxygens (including phenoxy) is 1. The molecular formula is C23H30N2O4. The Bertz CT molecular complexity index is 941. The molecule has 1 aliphatic rings. The third kappa shape index (κ3) is 4.88. The molecule has 1 aliphatic heterocycles. The lowest BCUT2D eigenvalue weighted by Gasteiger charge is -2.37. The summed E-state index contributed by atoms with van der Waals surface area (Å²) in [4.78, 5) is 26.3.